The van der Waals surface area contributed by atoms with Gasteiger partial charge in [0.2, 0.25) is 0 Å². The maximum absolute atomic E-state index is 13.0. The van der Waals surface area contributed by atoms with Gasteiger partial charge in [0.15, 0.2) is 0 Å². The standard InChI is InChI=1S/C21H27N5O3/c1-3-29-19-7-5-4-6-18(19)24-21(27)26-9-8-17-16(14-26)20(23-15(2)22-17)25-10-12-28-13-11-25/h4-7H,3,8-14H2,1-2H3,(H,24,27). The smallest absolute Gasteiger partial charge is 0.322 e. The molecule has 8 nitrogen and oxygen atoms in total. The SMILES string of the molecule is CCOc1ccccc1NC(=O)N1CCc2nc(C)nc(N3CCOCC3)c2C1. The second-order valence-corrected chi connectivity index (χ2v) is 7.15. The Labute approximate surface area is 170 Å². The van der Waals surface area contributed by atoms with Gasteiger partial charge in [-0.1, -0.05) is 12.1 Å². The van der Waals surface area contributed by atoms with Gasteiger partial charge in [-0.05, 0) is 26.0 Å². The summed E-state index contributed by atoms with van der Waals surface area (Å²) in [5.41, 5.74) is 2.76. The van der Waals surface area contributed by atoms with E-state index in [2.05, 4.69) is 15.2 Å². The van der Waals surface area contributed by atoms with Crippen LogP contribution in [0.5, 0.6) is 5.75 Å². The van der Waals surface area contributed by atoms with Gasteiger partial charge in [-0.15, -0.1) is 0 Å². The van der Waals surface area contributed by atoms with Gasteiger partial charge in [-0.25, -0.2) is 14.8 Å². The number of urea groups is 1. The first kappa shape index (κ1) is 19.4. The Balaban J connectivity index is 1.54. The lowest BCUT2D eigenvalue weighted by Gasteiger charge is -2.34. The molecule has 1 fully saturated rings. The Hall–Kier alpha value is -2.87. The molecule has 2 amide bonds. The highest BCUT2D eigenvalue weighted by Crippen LogP contribution is 2.29. The molecule has 1 saturated heterocycles. The highest BCUT2D eigenvalue weighted by atomic mass is 16.5. The zero-order chi connectivity index (χ0) is 20.2. The second-order valence-electron chi connectivity index (χ2n) is 7.15. The molecule has 0 unspecified atom stereocenters. The second kappa shape index (κ2) is 8.65. The number of morpholine rings is 1. The Morgan fingerprint density at radius 2 is 2.00 bits per heavy atom. The normalized spacial score (nSPS) is 16.3. The number of benzene rings is 1. The lowest BCUT2D eigenvalue weighted by molar-refractivity contribution is 0.122. The minimum absolute atomic E-state index is 0.142. The summed E-state index contributed by atoms with van der Waals surface area (Å²) in [4.78, 5) is 26.4. The average Bonchev–Trinajstić information content (AvgIpc) is 2.75. The summed E-state index contributed by atoms with van der Waals surface area (Å²) in [7, 11) is 0. The summed E-state index contributed by atoms with van der Waals surface area (Å²) < 4.78 is 11.1. The van der Waals surface area contributed by atoms with Crippen LogP contribution >= 0.6 is 0 Å². The number of aromatic nitrogens is 2. The van der Waals surface area contributed by atoms with Gasteiger partial charge in [-0.2, -0.15) is 0 Å². The zero-order valence-corrected chi connectivity index (χ0v) is 17.0. The van der Waals surface area contributed by atoms with E-state index in [1.165, 1.54) is 0 Å². The highest BCUT2D eigenvalue weighted by Gasteiger charge is 2.28. The summed E-state index contributed by atoms with van der Waals surface area (Å²) in [6, 6.07) is 7.35. The lowest BCUT2D eigenvalue weighted by atomic mass is 10.1. The van der Waals surface area contributed by atoms with E-state index in [1.807, 2.05) is 43.0 Å². The Bertz CT molecular complexity index is 883. The molecule has 8 heteroatoms. The monoisotopic (exact) mass is 397 g/mol. The van der Waals surface area contributed by atoms with E-state index in [0.29, 0.717) is 44.3 Å². The van der Waals surface area contributed by atoms with Crippen molar-refractivity contribution < 1.29 is 14.3 Å². The molecule has 4 rings (SSSR count). The predicted molar refractivity (Wildman–Crippen MR) is 111 cm³/mol. The van der Waals surface area contributed by atoms with Crippen LogP contribution in [0.25, 0.3) is 0 Å². The molecule has 0 spiro atoms. The van der Waals surface area contributed by atoms with Crippen molar-refractivity contribution in [2.45, 2.75) is 26.8 Å². The van der Waals surface area contributed by atoms with Crippen molar-refractivity contribution >= 4 is 17.5 Å². The van der Waals surface area contributed by atoms with E-state index >= 15 is 0 Å². The van der Waals surface area contributed by atoms with Crippen molar-refractivity contribution in [3.63, 3.8) is 0 Å². The number of hydrogen-bond donors (Lipinski definition) is 1. The summed E-state index contributed by atoms with van der Waals surface area (Å²) in [5, 5.41) is 2.99. The molecule has 0 radical (unpaired) electrons. The number of fused-ring (bicyclic) bond motifs is 1. The van der Waals surface area contributed by atoms with Gasteiger partial charge in [0.1, 0.15) is 17.4 Å². The van der Waals surface area contributed by atoms with Gasteiger partial charge < -0.3 is 24.6 Å². The molecule has 2 aliphatic heterocycles. The first-order valence-corrected chi connectivity index (χ1v) is 10.1. The van der Waals surface area contributed by atoms with Crippen LogP contribution in [-0.4, -0.2) is 60.4 Å². The number of carbonyl (C=O) groups excluding carboxylic acids is 1. The largest absolute Gasteiger partial charge is 0.492 e. The molecule has 1 aromatic heterocycles. The molecule has 1 aromatic carbocycles. The van der Waals surface area contributed by atoms with Crippen LogP contribution in [-0.2, 0) is 17.7 Å². The van der Waals surface area contributed by atoms with E-state index in [0.717, 1.165) is 42.4 Å². The van der Waals surface area contributed by atoms with E-state index in [1.54, 1.807) is 0 Å². The third-order valence-electron chi connectivity index (χ3n) is 5.18. The Morgan fingerprint density at radius 1 is 1.21 bits per heavy atom. The van der Waals surface area contributed by atoms with Crippen LogP contribution < -0.4 is 15.0 Å². The number of nitrogens with one attached hydrogen (secondary N) is 1. The number of rotatable bonds is 4. The molecule has 2 aliphatic rings. The molecule has 3 heterocycles. The first-order valence-electron chi connectivity index (χ1n) is 10.1. The third kappa shape index (κ3) is 4.27. The van der Waals surface area contributed by atoms with Crippen molar-refractivity contribution in [2.24, 2.45) is 0 Å². The number of hydrogen-bond acceptors (Lipinski definition) is 6. The van der Waals surface area contributed by atoms with Crippen LogP contribution in [0.3, 0.4) is 0 Å². The van der Waals surface area contributed by atoms with Crippen LogP contribution in [0.4, 0.5) is 16.3 Å². The fraction of sp³-hybridized carbons (Fsp3) is 0.476. The highest BCUT2D eigenvalue weighted by molar-refractivity contribution is 5.91. The van der Waals surface area contributed by atoms with Crippen LogP contribution in [0, 0.1) is 6.92 Å². The molecule has 0 saturated carbocycles. The van der Waals surface area contributed by atoms with Gasteiger partial charge in [0.05, 0.1) is 37.7 Å². The minimum Gasteiger partial charge on any atom is -0.492 e. The lowest BCUT2D eigenvalue weighted by Crippen LogP contribution is -2.42. The van der Waals surface area contributed by atoms with Crippen LogP contribution in [0.15, 0.2) is 24.3 Å². The summed E-state index contributed by atoms with van der Waals surface area (Å²) in [6.45, 7) is 8.49. The third-order valence-corrected chi connectivity index (χ3v) is 5.18. The molecule has 29 heavy (non-hydrogen) atoms. The molecular formula is C21H27N5O3. The minimum atomic E-state index is -0.142. The van der Waals surface area contributed by atoms with Crippen molar-refractivity contribution in [2.75, 3.05) is 49.7 Å². The number of amides is 2. The van der Waals surface area contributed by atoms with Crippen LogP contribution in [0.1, 0.15) is 24.0 Å². The average molecular weight is 397 g/mol. The molecule has 154 valence electrons. The van der Waals surface area contributed by atoms with E-state index in [4.69, 9.17) is 14.5 Å². The molecule has 1 N–H and O–H groups in total. The first-order chi connectivity index (χ1) is 14.2. The maximum atomic E-state index is 13.0. The van der Waals surface area contributed by atoms with Crippen molar-refractivity contribution in [1.82, 2.24) is 14.9 Å². The summed E-state index contributed by atoms with van der Waals surface area (Å²) in [6.07, 6.45) is 0.719. The predicted octanol–water partition coefficient (Wildman–Crippen LogP) is 2.61. The Morgan fingerprint density at radius 3 is 2.79 bits per heavy atom. The number of anilines is 2. The fourth-order valence-electron chi connectivity index (χ4n) is 3.77. The zero-order valence-electron chi connectivity index (χ0n) is 17.0. The van der Waals surface area contributed by atoms with Gasteiger partial charge in [-0.3, -0.25) is 0 Å². The van der Waals surface area contributed by atoms with Crippen molar-refractivity contribution in [3.05, 3.63) is 41.3 Å². The van der Waals surface area contributed by atoms with E-state index < -0.39 is 0 Å². The number of para-hydroxylation sites is 2. The number of nitrogens with zero attached hydrogens (tertiary/aromatic N) is 4. The van der Waals surface area contributed by atoms with E-state index in [9.17, 15) is 4.79 Å². The van der Waals surface area contributed by atoms with Crippen molar-refractivity contribution in [3.8, 4) is 5.75 Å². The number of carbonyl (C=O) groups is 1. The molecule has 2 aromatic rings. The number of aryl methyl sites for hydroxylation is 1. The molecular weight excluding hydrogens is 370 g/mol. The number of ether oxygens (including phenoxy) is 2. The van der Waals surface area contributed by atoms with Gasteiger partial charge in [0, 0.05) is 31.6 Å². The summed E-state index contributed by atoms with van der Waals surface area (Å²) in [5.74, 6) is 2.38. The molecule has 0 atom stereocenters. The topological polar surface area (TPSA) is 79.8 Å². The maximum Gasteiger partial charge on any atom is 0.322 e. The van der Waals surface area contributed by atoms with Crippen molar-refractivity contribution in [1.29, 1.82) is 0 Å². The van der Waals surface area contributed by atoms with Crippen LogP contribution in [0.2, 0.25) is 0 Å². The van der Waals surface area contributed by atoms with Gasteiger partial charge in [0.25, 0.3) is 0 Å². The molecule has 0 aliphatic carbocycles. The van der Waals surface area contributed by atoms with E-state index in [-0.39, 0.29) is 6.03 Å². The fourth-order valence-corrected chi connectivity index (χ4v) is 3.77. The quantitative estimate of drug-likeness (QED) is 0.854. The summed E-state index contributed by atoms with van der Waals surface area (Å²) >= 11 is 0. The molecule has 0 bridgehead atoms. The van der Waals surface area contributed by atoms with Gasteiger partial charge >= 0.3 is 6.03 Å². The Kier molecular flexibility index (Phi) is 5.80.